The summed E-state index contributed by atoms with van der Waals surface area (Å²) in [7, 11) is 1.70. The quantitative estimate of drug-likeness (QED) is 0.776. The van der Waals surface area contributed by atoms with Gasteiger partial charge in [0.2, 0.25) is 0 Å². The zero-order valence-corrected chi connectivity index (χ0v) is 9.98. The molecule has 2 aromatic rings. The Labute approximate surface area is 101 Å². The minimum atomic E-state index is 0.766. The molecule has 0 aliphatic rings. The molecule has 1 aromatic heterocycles. The van der Waals surface area contributed by atoms with Crippen LogP contribution in [0.15, 0.2) is 47.1 Å². The Bertz CT molecular complexity index is 437. The normalized spacial score (nSPS) is 10.4. The van der Waals surface area contributed by atoms with Crippen molar-refractivity contribution in [3.8, 4) is 5.75 Å². The van der Waals surface area contributed by atoms with Crippen molar-refractivity contribution < 1.29 is 9.15 Å². The van der Waals surface area contributed by atoms with Crippen LogP contribution < -0.4 is 10.1 Å². The second-order valence-electron chi connectivity index (χ2n) is 3.82. The van der Waals surface area contributed by atoms with Gasteiger partial charge in [0.25, 0.3) is 0 Å². The smallest absolute Gasteiger partial charge is 0.122 e. The van der Waals surface area contributed by atoms with E-state index in [0.29, 0.717) is 0 Å². The third-order valence-corrected chi connectivity index (χ3v) is 2.64. The van der Waals surface area contributed by atoms with E-state index in [2.05, 4.69) is 11.4 Å². The highest BCUT2D eigenvalue weighted by Gasteiger charge is 2.01. The molecule has 0 bridgehead atoms. The van der Waals surface area contributed by atoms with Crippen LogP contribution in [-0.4, -0.2) is 13.7 Å². The third kappa shape index (κ3) is 3.36. The monoisotopic (exact) mass is 231 g/mol. The summed E-state index contributed by atoms with van der Waals surface area (Å²) < 4.78 is 10.5. The van der Waals surface area contributed by atoms with Crippen molar-refractivity contribution in [2.75, 3.05) is 13.7 Å². The molecule has 0 fully saturated rings. The lowest BCUT2D eigenvalue weighted by Crippen LogP contribution is -2.16. The summed E-state index contributed by atoms with van der Waals surface area (Å²) in [4.78, 5) is 0. The summed E-state index contributed by atoms with van der Waals surface area (Å²) in [5.74, 6) is 1.91. The molecule has 90 valence electrons. The van der Waals surface area contributed by atoms with Gasteiger partial charge in [-0.2, -0.15) is 0 Å². The van der Waals surface area contributed by atoms with Crippen molar-refractivity contribution in [3.05, 3.63) is 54.0 Å². The Balaban J connectivity index is 1.78. The summed E-state index contributed by atoms with van der Waals surface area (Å²) in [6.45, 7) is 1.67. The van der Waals surface area contributed by atoms with Crippen LogP contribution in [0, 0.1) is 0 Å². The summed E-state index contributed by atoms with van der Waals surface area (Å²) in [5.41, 5.74) is 1.22. The first-order valence-electron chi connectivity index (χ1n) is 5.75. The first kappa shape index (κ1) is 11.7. The van der Waals surface area contributed by atoms with Crippen LogP contribution in [0.1, 0.15) is 11.3 Å². The van der Waals surface area contributed by atoms with Crippen LogP contribution in [0.2, 0.25) is 0 Å². The van der Waals surface area contributed by atoms with E-state index in [0.717, 1.165) is 31.0 Å². The molecule has 3 nitrogen and oxygen atoms in total. The molecule has 0 aliphatic carbocycles. The summed E-state index contributed by atoms with van der Waals surface area (Å²) in [6.07, 6.45) is 2.64. The van der Waals surface area contributed by atoms with Gasteiger partial charge in [0, 0.05) is 0 Å². The van der Waals surface area contributed by atoms with Crippen LogP contribution in [0.5, 0.6) is 5.75 Å². The molecule has 0 unspecified atom stereocenters. The van der Waals surface area contributed by atoms with Crippen LogP contribution in [-0.2, 0) is 13.0 Å². The molecule has 2 rings (SSSR count). The number of furan rings is 1. The molecule has 0 saturated carbocycles. The molecular formula is C14H17NO2. The number of hydrogen-bond acceptors (Lipinski definition) is 3. The van der Waals surface area contributed by atoms with E-state index < -0.39 is 0 Å². The van der Waals surface area contributed by atoms with Gasteiger partial charge in [-0.05, 0) is 36.7 Å². The first-order valence-corrected chi connectivity index (χ1v) is 5.75. The first-order chi connectivity index (χ1) is 8.40. The maximum atomic E-state index is 5.30. The zero-order valence-electron chi connectivity index (χ0n) is 9.98. The molecule has 1 N–H and O–H groups in total. The number of benzene rings is 1. The van der Waals surface area contributed by atoms with Crippen LogP contribution >= 0.6 is 0 Å². The topological polar surface area (TPSA) is 34.4 Å². The average molecular weight is 231 g/mol. The number of hydrogen-bond donors (Lipinski definition) is 1. The molecule has 0 saturated heterocycles. The van der Waals surface area contributed by atoms with Gasteiger partial charge in [0.05, 0.1) is 19.9 Å². The van der Waals surface area contributed by atoms with Crippen molar-refractivity contribution in [3.63, 3.8) is 0 Å². The van der Waals surface area contributed by atoms with Gasteiger partial charge in [-0.3, -0.25) is 0 Å². The number of rotatable bonds is 6. The van der Waals surface area contributed by atoms with Crippen molar-refractivity contribution in [2.24, 2.45) is 0 Å². The molecule has 1 heterocycles. The van der Waals surface area contributed by atoms with Crippen molar-refractivity contribution in [2.45, 2.75) is 13.0 Å². The van der Waals surface area contributed by atoms with Gasteiger partial charge >= 0.3 is 0 Å². The predicted octanol–water partition coefficient (Wildman–Crippen LogP) is 2.62. The Morgan fingerprint density at radius 3 is 2.82 bits per heavy atom. The number of methoxy groups -OCH3 is 1. The van der Waals surface area contributed by atoms with E-state index in [1.165, 1.54) is 5.56 Å². The third-order valence-electron chi connectivity index (χ3n) is 2.64. The average Bonchev–Trinajstić information content (AvgIpc) is 2.88. The van der Waals surface area contributed by atoms with Gasteiger partial charge in [0.1, 0.15) is 11.5 Å². The Morgan fingerprint density at radius 2 is 2.06 bits per heavy atom. The van der Waals surface area contributed by atoms with Gasteiger partial charge < -0.3 is 14.5 Å². The van der Waals surface area contributed by atoms with Crippen LogP contribution in [0.3, 0.4) is 0 Å². The number of nitrogens with one attached hydrogen (secondary N) is 1. The number of para-hydroxylation sites is 1. The second kappa shape index (κ2) is 6.11. The molecule has 0 atom stereocenters. The molecular weight excluding hydrogens is 214 g/mol. The standard InChI is InChI=1S/C14H17NO2/c1-16-14-7-3-2-5-12(14)8-9-15-11-13-6-4-10-17-13/h2-7,10,15H,8-9,11H2,1H3. The fourth-order valence-electron chi connectivity index (χ4n) is 1.76. The van der Waals surface area contributed by atoms with E-state index in [1.54, 1.807) is 13.4 Å². The van der Waals surface area contributed by atoms with Gasteiger partial charge in [-0.15, -0.1) is 0 Å². The molecule has 0 radical (unpaired) electrons. The van der Waals surface area contributed by atoms with E-state index in [1.807, 2.05) is 30.3 Å². The Hall–Kier alpha value is -1.74. The maximum absolute atomic E-state index is 5.30. The van der Waals surface area contributed by atoms with Crippen LogP contribution in [0.25, 0.3) is 0 Å². The molecule has 3 heteroatoms. The zero-order chi connectivity index (χ0) is 11.9. The lowest BCUT2D eigenvalue weighted by molar-refractivity contribution is 0.408. The van der Waals surface area contributed by atoms with Gasteiger partial charge in [0.15, 0.2) is 0 Å². The fourth-order valence-corrected chi connectivity index (χ4v) is 1.76. The highest BCUT2D eigenvalue weighted by molar-refractivity contribution is 5.33. The Morgan fingerprint density at radius 1 is 1.18 bits per heavy atom. The summed E-state index contributed by atoms with van der Waals surface area (Å²) in [6, 6.07) is 12.0. The van der Waals surface area contributed by atoms with Gasteiger partial charge in [-0.25, -0.2) is 0 Å². The lowest BCUT2D eigenvalue weighted by Gasteiger charge is -2.08. The minimum absolute atomic E-state index is 0.766. The number of ether oxygens (including phenoxy) is 1. The van der Waals surface area contributed by atoms with Crippen molar-refractivity contribution in [1.29, 1.82) is 0 Å². The van der Waals surface area contributed by atoms with Crippen molar-refractivity contribution in [1.82, 2.24) is 5.32 Å². The van der Waals surface area contributed by atoms with E-state index in [4.69, 9.17) is 9.15 Å². The molecule has 17 heavy (non-hydrogen) atoms. The molecule has 1 aromatic carbocycles. The summed E-state index contributed by atoms with van der Waals surface area (Å²) >= 11 is 0. The lowest BCUT2D eigenvalue weighted by atomic mass is 10.1. The molecule has 0 spiro atoms. The fraction of sp³-hybridized carbons (Fsp3) is 0.286. The minimum Gasteiger partial charge on any atom is -0.496 e. The van der Waals surface area contributed by atoms with Crippen LogP contribution in [0.4, 0.5) is 0 Å². The highest BCUT2D eigenvalue weighted by atomic mass is 16.5. The van der Waals surface area contributed by atoms with E-state index in [9.17, 15) is 0 Å². The maximum Gasteiger partial charge on any atom is 0.122 e. The second-order valence-corrected chi connectivity index (χ2v) is 3.82. The molecule has 0 aliphatic heterocycles. The van der Waals surface area contributed by atoms with E-state index in [-0.39, 0.29) is 0 Å². The van der Waals surface area contributed by atoms with Gasteiger partial charge in [-0.1, -0.05) is 18.2 Å². The van der Waals surface area contributed by atoms with E-state index >= 15 is 0 Å². The SMILES string of the molecule is COc1ccccc1CCNCc1ccco1. The Kier molecular flexibility index (Phi) is 4.22. The highest BCUT2D eigenvalue weighted by Crippen LogP contribution is 2.17. The summed E-state index contributed by atoms with van der Waals surface area (Å²) in [5, 5.41) is 3.34. The molecule has 0 amide bonds. The van der Waals surface area contributed by atoms with Crippen molar-refractivity contribution >= 4 is 0 Å². The predicted molar refractivity (Wildman–Crippen MR) is 67.1 cm³/mol. The largest absolute Gasteiger partial charge is 0.496 e.